The minimum atomic E-state index is 0.209. The fourth-order valence-electron chi connectivity index (χ4n) is 3.23. The van der Waals surface area contributed by atoms with E-state index in [1.807, 2.05) is 19.2 Å². The standard InChI is InChI=1S/C18H20N6S/c1-12-9-14(23-18-21-11-13(2)25-18)10-15(22-12)16-5-3-8-24(16)17-19-6-4-7-20-17/h4,6-7,9-11,16H,3,5,8H2,1-2H3,(H,21,22,23)/t16-/m0/s1. The topological polar surface area (TPSA) is 66.8 Å². The Hall–Kier alpha value is -2.54. The normalized spacial score (nSPS) is 17.0. The summed E-state index contributed by atoms with van der Waals surface area (Å²) in [6, 6.07) is 6.23. The Bertz CT molecular complexity index is 863. The third-order valence-corrected chi connectivity index (χ3v) is 5.08. The van der Waals surface area contributed by atoms with Crippen LogP contribution in [-0.4, -0.2) is 26.5 Å². The van der Waals surface area contributed by atoms with Crippen LogP contribution >= 0.6 is 11.3 Å². The molecule has 0 saturated carbocycles. The highest BCUT2D eigenvalue weighted by Crippen LogP contribution is 2.35. The Morgan fingerprint density at radius 3 is 2.76 bits per heavy atom. The molecule has 1 aliphatic rings. The summed E-state index contributed by atoms with van der Waals surface area (Å²) in [6.45, 7) is 5.04. The van der Waals surface area contributed by atoms with Crippen LogP contribution in [0.25, 0.3) is 0 Å². The zero-order valence-corrected chi connectivity index (χ0v) is 15.1. The maximum absolute atomic E-state index is 4.78. The molecular weight excluding hydrogens is 332 g/mol. The third kappa shape index (κ3) is 3.46. The largest absolute Gasteiger partial charge is 0.332 e. The number of pyridine rings is 1. The predicted molar refractivity (Wildman–Crippen MR) is 100 cm³/mol. The van der Waals surface area contributed by atoms with E-state index < -0.39 is 0 Å². The summed E-state index contributed by atoms with van der Waals surface area (Å²) in [5, 5.41) is 4.31. The van der Waals surface area contributed by atoms with Crippen LogP contribution in [0.15, 0.2) is 36.8 Å². The van der Waals surface area contributed by atoms with Crippen molar-refractivity contribution in [1.29, 1.82) is 0 Å². The monoisotopic (exact) mass is 352 g/mol. The summed E-state index contributed by atoms with van der Waals surface area (Å²) in [7, 11) is 0. The second-order valence-corrected chi connectivity index (χ2v) is 7.46. The molecular formula is C18H20N6S. The molecule has 1 atom stereocenters. The van der Waals surface area contributed by atoms with Crippen molar-refractivity contribution in [1.82, 2.24) is 19.9 Å². The summed E-state index contributed by atoms with van der Waals surface area (Å²) in [5.41, 5.74) is 3.08. The first kappa shape index (κ1) is 16.0. The van der Waals surface area contributed by atoms with Gasteiger partial charge < -0.3 is 10.2 Å². The van der Waals surface area contributed by atoms with Crippen molar-refractivity contribution >= 4 is 28.1 Å². The molecule has 6 nitrogen and oxygen atoms in total. The molecule has 1 N–H and O–H groups in total. The minimum Gasteiger partial charge on any atom is -0.332 e. The molecule has 0 bridgehead atoms. The molecule has 0 unspecified atom stereocenters. The second kappa shape index (κ2) is 6.76. The molecule has 3 aromatic rings. The SMILES string of the molecule is Cc1cc(Nc2ncc(C)s2)cc([C@@H]2CCCN2c2ncccn2)n1. The molecule has 4 heterocycles. The van der Waals surface area contributed by atoms with E-state index in [-0.39, 0.29) is 6.04 Å². The molecule has 1 fully saturated rings. The van der Waals surface area contributed by atoms with Gasteiger partial charge in [0, 0.05) is 41.4 Å². The van der Waals surface area contributed by atoms with Crippen molar-refractivity contribution in [2.24, 2.45) is 0 Å². The molecule has 7 heteroatoms. The van der Waals surface area contributed by atoms with Gasteiger partial charge in [0.05, 0.1) is 11.7 Å². The van der Waals surface area contributed by atoms with Crippen molar-refractivity contribution < 1.29 is 0 Å². The Morgan fingerprint density at radius 1 is 1.16 bits per heavy atom. The predicted octanol–water partition coefficient (Wildman–Crippen LogP) is 4.03. The van der Waals surface area contributed by atoms with Gasteiger partial charge in [0.15, 0.2) is 5.13 Å². The van der Waals surface area contributed by atoms with Crippen molar-refractivity contribution in [2.45, 2.75) is 32.7 Å². The number of nitrogens with zero attached hydrogens (tertiary/aromatic N) is 5. The van der Waals surface area contributed by atoms with E-state index in [2.05, 4.69) is 44.2 Å². The lowest BCUT2D eigenvalue weighted by molar-refractivity contribution is 0.677. The van der Waals surface area contributed by atoms with Gasteiger partial charge in [-0.25, -0.2) is 15.0 Å². The zero-order chi connectivity index (χ0) is 17.2. The van der Waals surface area contributed by atoms with Gasteiger partial charge in [-0.15, -0.1) is 11.3 Å². The number of aryl methyl sites for hydroxylation is 2. The number of nitrogens with one attached hydrogen (secondary N) is 1. The lowest BCUT2D eigenvalue weighted by Gasteiger charge is -2.24. The first-order chi connectivity index (χ1) is 12.2. The number of hydrogen-bond acceptors (Lipinski definition) is 7. The smallest absolute Gasteiger partial charge is 0.225 e. The second-order valence-electron chi connectivity index (χ2n) is 6.22. The van der Waals surface area contributed by atoms with E-state index in [1.54, 1.807) is 23.7 Å². The van der Waals surface area contributed by atoms with E-state index in [4.69, 9.17) is 4.98 Å². The highest BCUT2D eigenvalue weighted by Gasteiger charge is 2.29. The minimum absolute atomic E-state index is 0.209. The number of hydrogen-bond donors (Lipinski definition) is 1. The maximum atomic E-state index is 4.78. The fraction of sp³-hybridized carbons (Fsp3) is 0.333. The van der Waals surface area contributed by atoms with Crippen molar-refractivity contribution in [2.75, 3.05) is 16.8 Å². The molecule has 128 valence electrons. The van der Waals surface area contributed by atoms with Crippen LogP contribution < -0.4 is 10.2 Å². The van der Waals surface area contributed by atoms with E-state index in [1.165, 1.54) is 4.88 Å². The van der Waals surface area contributed by atoms with Crippen molar-refractivity contribution in [3.05, 3.63) is 53.1 Å². The summed E-state index contributed by atoms with van der Waals surface area (Å²) in [5.74, 6) is 0.776. The summed E-state index contributed by atoms with van der Waals surface area (Å²) in [4.78, 5) is 21.4. The van der Waals surface area contributed by atoms with Gasteiger partial charge in [-0.2, -0.15) is 0 Å². The molecule has 3 aromatic heterocycles. The highest BCUT2D eigenvalue weighted by atomic mass is 32.1. The van der Waals surface area contributed by atoms with Gasteiger partial charge in [0.25, 0.3) is 0 Å². The lowest BCUT2D eigenvalue weighted by Crippen LogP contribution is -2.25. The molecule has 0 spiro atoms. The molecule has 25 heavy (non-hydrogen) atoms. The van der Waals surface area contributed by atoms with Crippen LogP contribution in [0, 0.1) is 13.8 Å². The average molecular weight is 352 g/mol. The molecule has 0 radical (unpaired) electrons. The van der Waals surface area contributed by atoms with E-state index in [0.29, 0.717) is 0 Å². The molecule has 0 amide bonds. The van der Waals surface area contributed by atoms with Crippen LogP contribution in [0.5, 0.6) is 0 Å². The van der Waals surface area contributed by atoms with E-state index in [0.717, 1.165) is 47.5 Å². The Morgan fingerprint density at radius 2 is 2.00 bits per heavy atom. The third-order valence-electron chi connectivity index (χ3n) is 4.25. The summed E-state index contributed by atoms with van der Waals surface area (Å²) < 4.78 is 0. The van der Waals surface area contributed by atoms with Gasteiger partial charge in [-0.05, 0) is 44.9 Å². The van der Waals surface area contributed by atoms with Gasteiger partial charge in [-0.3, -0.25) is 4.98 Å². The number of anilines is 3. The lowest BCUT2D eigenvalue weighted by atomic mass is 10.1. The highest BCUT2D eigenvalue weighted by molar-refractivity contribution is 7.15. The van der Waals surface area contributed by atoms with E-state index >= 15 is 0 Å². The summed E-state index contributed by atoms with van der Waals surface area (Å²) >= 11 is 1.65. The molecule has 4 rings (SSSR count). The molecule has 0 aromatic carbocycles. The van der Waals surface area contributed by atoms with Crippen LogP contribution in [0.4, 0.5) is 16.8 Å². The Labute approximate surface area is 151 Å². The van der Waals surface area contributed by atoms with Gasteiger partial charge >= 0.3 is 0 Å². The van der Waals surface area contributed by atoms with Crippen LogP contribution in [0.1, 0.15) is 35.1 Å². The van der Waals surface area contributed by atoms with Gasteiger partial charge in [-0.1, -0.05) is 0 Å². The first-order valence-electron chi connectivity index (χ1n) is 8.41. The zero-order valence-electron chi connectivity index (χ0n) is 14.3. The van der Waals surface area contributed by atoms with Crippen LogP contribution in [0.3, 0.4) is 0 Å². The average Bonchev–Trinajstić information content (AvgIpc) is 3.24. The first-order valence-corrected chi connectivity index (χ1v) is 9.22. The van der Waals surface area contributed by atoms with Crippen molar-refractivity contribution in [3.63, 3.8) is 0 Å². The molecule has 0 aliphatic carbocycles. The van der Waals surface area contributed by atoms with E-state index in [9.17, 15) is 0 Å². The number of aromatic nitrogens is 4. The van der Waals surface area contributed by atoms with Crippen molar-refractivity contribution in [3.8, 4) is 0 Å². The quantitative estimate of drug-likeness (QED) is 0.765. The molecule has 1 saturated heterocycles. The maximum Gasteiger partial charge on any atom is 0.225 e. The Kier molecular flexibility index (Phi) is 4.31. The summed E-state index contributed by atoms with van der Waals surface area (Å²) in [6.07, 6.45) is 7.64. The number of rotatable bonds is 4. The fourth-order valence-corrected chi connectivity index (χ4v) is 3.91. The van der Waals surface area contributed by atoms with Gasteiger partial charge in [0.2, 0.25) is 5.95 Å². The Balaban J connectivity index is 1.63. The number of thiazole rings is 1. The molecule has 1 aliphatic heterocycles. The van der Waals surface area contributed by atoms with Gasteiger partial charge in [0.1, 0.15) is 0 Å². The van der Waals surface area contributed by atoms with Crippen LogP contribution in [-0.2, 0) is 0 Å². The van der Waals surface area contributed by atoms with Crippen LogP contribution in [0.2, 0.25) is 0 Å².